The summed E-state index contributed by atoms with van der Waals surface area (Å²) in [6.45, 7) is 2.63. The van der Waals surface area contributed by atoms with E-state index in [1.54, 1.807) is 18.2 Å². The van der Waals surface area contributed by atoms with Gasteiger partial charge in [0.25, 0.3) is 0 Å². The fourth-order valence-corrected chi connectivity index (χ4v) is 3.81. The van der Waals surface area contributed by atoms with Gasteiger partial charge in [-0.3, -0.25) is 9.69 Å². The summed E-state index contributed by atoms with van der Waals surface area (Å²) < 4.78 is 5.97. The SMILES string of the molecule is CN(C)c1ccc(/C=C2\Oc3c(ccc(O)c3CN3CCCCC3)C2=O)cc1. The van der Waals surface area contributed by atoms with Gasteiger partial charge in [-0.25, -0.2) is 0 Å². The van der Waals surface area contributed by atoms with E-state index in [4.69, 9.17) is 4.74 Å². The maximum absolute atomic E-state index is 12.8. The van der Waals surface area contributed by atoms with Gasteiger partial charge in [0.05, 0.1) is 11.1 Å². The number of ether oxygens (including phenoxy) is 1. The van der Waals surface area contributed by atoms with Crippen LogP contribution in [-0.4, -0.2) is 43.0 Å². The first-order valence-electron chi connectivity index (χ1n) is 9.82. The molecule has 5 heteroatoms. The molecule has 1 saturated heterocycles. The molecule has 4 rings (SSSR count). The van der Waals surface area contributed by atoms with Crippen LogP contribution in [0.2, 0.25) is 0 Å². The smallest absolute Gasteiger partial charge is 0.231 e. The molecule has 0 spiro atoms. The summed E-state index contributed by atoms with van der Waals surface area (Å²) in [4.78, 5) is 17.2. The number of anilines is 1. The van der Waals surface area contributed by atoms with Crippen LogP contribution in [0.4, 0.5) is 5.69 Å². The van der Waals surface area contributed by atoms with E-state index in [1.807, 2.05) is 43.3 Å². The van der Waals surface area contributed by atoms with Gasteiger partial charge in [-0.1, -0.05) is 18.6 Å². The molecule has 1 fully saturated rings. The second-order valence-corrected chi connectivity index (χ2v) is 7.70. The summed E-state index contributed by atoms with van der Waals surface area (Å²) in [5, 5.41) is 10.4. The number of hydrogen-bond acceptors (Lipinski definition) is 5. The highest BCUT2D eigenvalue weighted by atomic mass is 16.5. The molecule has 2 aromatic rings. The summed E-state index contributed by atoms with van der Waals surface area (Å²) in [5.41, 5.74) is 3.24. The third-order valence-corrected chi connectivity index (χ3v) is 5.45. The minimum atomic E-state index is -0.133. The Kier molecular flexibility index (Phi) is 5.09. The van der Waals surface area contributed by atoms with E-state index in [2.05, 4.69) is 4.90 Å². The zero-order valence-electron chi connectivity index (χ0n) is 16.4. The maximum atomic E-state index is 12.8. The van der Waals surface area contributed by atoms with Crippen molar-refractivity contribution in [1.82, 2.24) is 4.90 Å². The monoisotopic (exact) mass is 378 g/mol. The second-order valence-electron chi connectivity index (χ2n) is 7.70. The van der Waals surface area contributed by atoms with Crippen LogP contribution in [0.25, 0.3) is 6.08 Å². The number of phenolic OH excluding ortho intramolecular Hbond substituents is 1. The quantitative estimate of drug-likeness (QED) is 0.813. The maximum Gasteiger partial charge on any atom is 0.231 e. The predicted molar refractivity (Wildman–Crippen MR) is 111 cm³/mol. The molecule has 0 atom stereocenters. The molecule has 0 aromatic heterocycles. The highest BCUT2D eigenvalue weighted by molar-refractivity contribution is 6.15. The van der Waals surface area contributed by atoms with Crippen LogP contribution in [-0.2, 0) is 6.54 Å². The highest BCUT2D eigenvalue weighted by Crippen LogP contribution is 2.40. The summed E-state index contributed by atoms with van der Waals surface area (Å²) in [5.74, 6) is 0.866. The average Bonchev–Trinajstić information content (AvgIpc) is 3.01. The number of aromatic hydroxyl groups is 1. The molecule has 0 unspecified atom stereocenters. The number of Topliss-reactive ketones (excluding diaryl/α,β-unsaturated/α-hetero) is 1. The van der Waals surface area contributed by atoms with E-state index in [9.17, 15) is 9.90 Å². The van der Waals surface area contributed by atoms with Crippen molar-refractivity contribution in [2.45, 2.75) is 25.8 Å². The first-order chi connectivity index (χ1) is 13.5. The third kappa shape index (κ3) is 3.62. The molecule has 0 aliphatic carbocycles. The Morgan fingerprint density at radius 1 is 1.07 bits per heavy atom. The fraction of sp³-hybridized carbons (Fsp3) is 0.348. The Bertz CT molecular complexity index is 910. The van der Waals surface area contributed by atoms with E-state index in [0.29, 0.717) is 29.2 Å². The zero-order chi connectivity index (χ0) is 19.7. The number of carbonyl (C=O) groups excluding carboxylic acids is 1. The lowest BCUT2D eigenvalue weighted by Gasteiger charge is -2.27. The highest BCUT2D eigenvalue weighted by Gasteiger charge is 2.31. The molecule has 0 radical (unpaired) electrons. The van der Waals surface area contributed by atoms with Crippen LogP contribution in [0, 0.1) is 0 Å². The molecule has 28 heavy (non-hydrogen) atoms. The normalized spacial score (nSPS) is 18.2. The van der Waals surface area contributed by atoms with Crippen molar-refractivity contribution in [3.8, 4) is 11.5 Å². The van der Waals surface area contributed by atoms with Crippen molar-refractivity contribution < 1.29 is 14.6 Å². The first kappa shape index (κ1) is 18.6. The van der Waals surface area contributed by atoms with Gasteiger partial charge in [-0.15, -0.1) is 0 Å². The Hall–Kier alpha value is -2.79. The summed E-state index contributed by atoms with van der Waals surface area (Å²) in [6, 6.07) is 11.2. The number of allylic oxidation sites excluding steroid dienone is 1. The van der Waals surface area contributed by atoms with Crippen LogP contribution in [0.5, 0.6) is 11.5 Å². The Morgan fingerprint density at radius 3 is 2.46 bits per heavy atom. The number of hydrogen-bond donors (Lipinski definition) is 1. The Morgan fingerprint density at radius 2 is 1.79 bits per heavy atom. The predicted octanol–water partition coefficient (Wildman–Crippen LogP) is 4.06. The topological polar surface area (TPSA) is 53.0 Å². The van der Waals surface area contributed by atoms with E-state index in [-0.39, 0.29) is 11.5 Å². The number of ketones is 1. The number of likely N-dealkylation sites (tertiary alicyclic amines) is 1. The van der Waals surface area contributed by atoms with Crippen molar-refractivity contribution in [3.05, 3.63) is 58.8 Å². The molecule has 2 aliphatic rings. The van der Waals surface area contributed by atoms with Crippen molar-refractivity contribution >= 4 is 17.5 Å². The lowest BCUT2D eigenvalue weighted by molar-refractivity contribution is 0.101. The molecule has 2 aromatic carbocycles. The molecule has 5 nitrogen and oxygen atoms in total. The van der Waals surface area contributed by atoms with Crippen LogP contribution >= 0.6 is 0 Å². The van der Waals surface area contributed by atoms with Gasteiger partial charge in [-0.05, 0) is 61.8 Å². The first-order valence-corrected chi connectivity index (χ1v) is 9.82. The van der Waals surface area contributed by atoms with Crippen molar-refractivity contribution in [2.75, 3.05) is 32.1 Å². The fourth-order valence-electron chi connectivity index (χ4n) is 3.81. The molecule has 2 heterocycles. The van der Waals surface area contributed by atoms with E-state index < -0.39 is 0 Å². The average molecular weight is 378 g/mol. The number of piperidine rings is 1. The number of carbonyl (C=O) groups is 1. The van der Waals surface area contributed by atoms with Crippen LogP contribution in [0.15, 0.2) is 42.2 Å². The minimum absolute atomic E-state index is 0.133. The van der Waals surface area contributed by atoms with Crippen LogP contribution < -0.4 is 9.64 Å². The van der Waals surface area contributed by atoms with Gasteiger partial charge in [0.15, 0.2) is 5.76 Å². The summed E-state index contributed by atoms with van der Waals surface area (Å²) in [7, 11) is 3.98. The van der Waals surface area contributed by atoms with E-state index in [1.165, 1.54) is 19.3 Å². The third-order valence-electron chi connectivity index (χ3n) is 5.45. The lowest BCUT2D eigenvalue weighted by Crippen LogP contribution is -2.29. The van der Waals surface area contributed by atoms with Crippen molar-refractivity contribution in [1.29, 1.82) is 0 Å². The van der Waals surface area contributed by atoms with E-state index >= 15 is 0 Å². The number of fused-ring (bicyclic) bond motifs is 1. The van der Waals surface area contributed by atoms with Gasteiger partial charge < -0.3 is 14.7 Å². The van der Waals surface area contributed by atoms with E-state index in [0.717, 1.165) is 24.3 Å². The van der Waals surface area contributed by atoms with Crippen molar-refractivity contribution in [3.63, 3.8) is 0 Å². The summed E-state index contributed by atoms with van der Waals surface area (Å²) >= 11 is 0. The van der Waals surface area contributed by atoms with Gasteiger partial charge in [0, 0.05) is 26.3 Å². The zero-order valence-corrected chi connectivity index (χ0v) is 16.4. The Balaban J connectivity index is 1.61. The number of nitrogens with zero attached hydrogens (tertiary/aromatic N) is 2. The van der Waals surface area contributed by atoms with Crippen molar-refractivity contribution in [2.24, 2.45) is 0 Å². The van der Waals surface area contributed by atoms with Gasteiger partial charge in [0.2, 0.25) is 5.78 Å². The van der Waals surface area contributed by atoms with Gasteiger partial charge >= 0.3 is 0 Å². The number of rotatable bonds is 4. The molecule has 0 amide bonds. The molecule has 1 N–H and O–H groups in total. The Labute approximate surface area is 165 Å². The van der Waals surface area contributed by atoms with Crippen LogP contribution in [0.3, 0.4) is 0 Å². The molecular formula is C23H26N2O3. The number of phenols is 1. The van der Waals surface area contributed by atoms with Crippen LogP contribution in [0.1, 0.15) is 40.7 Å². The second kappa shape index (κ2) is 7.68. The van der Waals surface area contributed by atoms with Gasteiger partial charge in [0.1, 0.15) is 11.5 Å². The molecule has 2 aliphatic heterocycles. The minimum Gasteiger partial charge on any atom is -0.507 e. The summed E-state index contributed by atoms with van der Waals surface area (Å²) in [6.07, 6.45) is 5.36. The molecular weight excluding hydrogens is 352 g/mol. The molecule has 0 saturated carbocycles. The number of benzene rings is 2. The molecule has 146 valence electrons. The molecule has 0 bridgehead atoms. The standard InChI is InChI=1S/C23H26N2O3/c1-24(2)17-8-6-16(7-9-17)14-21-22(27)18-10-11-20(26)19(23(18)28-21)15-25-12-4-3-5-13-25/h6-11,14,26H,3-5,12-13,15H2,1-2H3/b21-14-. The largest absolute Gasteiger partial charge is 0.507 e. The van der Waals surface area contributed by atoms with Gasteiger partial charge in [-0.2, -0.15) is 0 Å². The lowest BCUT2D eigenvalue weighted by atomic mass is 10.0.